The highest BCUT2D eigenvalue weighted by molar-refractivity contribution is 7.88. The van der Waals surface area contributed by atoms with E-state index in [0.29, 0.717) is 14.2 Å². The van der Waals surface area contributed by atoms with Crippen molar-refractivity contribution in [1.82, 2.24) is 29.2 Å². The van der Waals surface area contributed by atoms with Gasteiger partial charge >= 0.3 is 22.3 Å². The van der Waals surface area contributed by atoms with E-state index in [2.05, 4.69) is 20.3 Å². The number of thiazole rings is 1. The summed E-state index contributed by atoms with van der Waals surface area (Å²) in [4.78, 5) is 57.5. The monoisotopic (exact) mass is 475 g/mol. The molecule has 1 aromatic rings. The maximum Gasteiger partial charge on any atom is 0.349 e. The van der Waals surface area contributed by atoms with Crippen LogP contribution in [0.25, 0.3) is 0 Å². The summed E-state index contributed by atoms with van der Waals surface area (Å²) in [6.45, 7) is -0.629. The van der Waals surface area contributed by atoms with Gasteiger partial charge in [-0.05, 0) is 0 Å². The van der Waals surface area contributed by atoms with Gasteiger partial charge in [-0.1, -0.05) is 5.16 Å². The molecule has 2 fully saturated rings. The molecular formula is C13H17N9O7S2. The van der Waals surface area contributed by atoms with Gasteiger partial charge in [-0.15, -0.1) is 11.3 Å². The Kier molecular flexibility index (Phi) is 5.95. The van der Waals surface area contributed by atoms with Crippen molar-refractivity contribution in [2.75, 3.05) is 32.5 Å². The van der Waals surface area contributed by atoms with Crippen molar-refractivity contribution in [2.24, 2.45) is 11.0 Å². The molecule has 16 nitrogen and oxygen atoms in total. The molecule has 3 rings (SSSR count). The Labute approximate surface area is 178 Å². The van der Waals surface area contributed by atoms with Crippen LogP contribution in [0, 0.1) is 0 Å². The Morgan fingerprint density at radius 3 is 2.58 bits per heavy atom. The first-order chi connectivity index (χ1) is 14.5. The average molecular weight is 475 g/mol. The van der Waals surface area contributed by atoms with Crippen LogP contribution in [0.3, 0.4) is 0 Å². The molecule has 168 valence electrons. The van der Waals surface area contributed by atoms with Crippen molar-refractivity contribution in [3.05, 3.63) is 11.1 Å². The van der Waals surface area contributed by atoms with E-state index in [1.807, 2.05) is 0 Å². The van der Waals surface area contributed by atoms with Crippen LogP contribution in [0.2, 0.25) is 0 Å². The van der Waals surface area contributed by atoms with Crippen molar-refractivity contribution < 1.29 is 32.4 Å². The van der Waals surface area contributed by atoms with Gasteiger partial charge in [-0.2, -0.15) is 8.42 Å². The summed E-state index contributed by atoms with van der Waals surface area (Å²) < 4.78 is 26.3. The number of rotatable bonds is 6. The molecule has 2 saturated heterocycles. The van der Waals surface area contributed by atoms with Crippen molar-refractivity contribution in [1.29, 1.82) is 0 Å². The van der Waals surface area contributed by atoms with Crippen LogP contribution in [0.15, 0.2) is 10.5 Å². The minimum atomic E-state index is -4.55. The molecule has 1 unspecified atom stereocenters. The minimum Gasteiger partial charge on any atom is -0.398 e. The number of carbonyl (C=O) groups excluding carboxylic acids is 4. The van der Waals surface area contributed by atoms with Gasteiger partial charge in [0.15, 0.2) is 10.8 Å². The number of nitrogens with zero attached hydrogens (tertiary/aromatic N) is 5. The highest BCUT2D eigenvalue weighted by atomic mass is 32.2. The number of hydrazine groups is 1. The molecule has 0 spiro atoms. The first kappa shape index (κ1) is 22.2. The van der Waals surface area contributed by atoms with Crippen LogP contribution in [0.1, 0.15) is 5.69 Å². The number of aromatic nitrogens is 1. The fourth-order valence-corrected chi connectivity index (χ4v) is 4.23. The lowest BCUT2D eigenvalue weighted by Crippen LogP contribution is -2.68. The second-order valence-corrected chi connectivity index (χ2v) is 8.61. The number of hydrogen-bond acceptors (Lipinski definition) is 12. The molecule has 18 heteroatoms. The van der Waals surface area contributed by atoms with E-state index in [-0.39, 0.29) is 36.2 Å². The SMILES string of the molecule is CO/N=C(\C(=O)NC1CN(C(=O)NS(=O)(=O)N2CCN(N)C2=O)C1=O)c1csc(N)n1. The largest absolute Gasteiger partial charge is 0.398 e. The summed E-state index contributed by atoms with van der Waals surface area (Å²) >= 11 is 1.06. The van der Waals surface area contributed by atoms with Crippen molar-refractivity contribution in [3.8, 4) is 0 Å². The number of carbonyl (C=O) groups is 4. The predicted octanol–water partition coefficient (Wildman–Crippen LogP) is -3.03. The number of β-lactam (4-membered cyclic amide) rings is 1. The van der Waals surface area contributed by atoms with E-state index in [1.165, 1.54) is 12.5 Å². The lowest BCUT2D eigenvalue weighted by molar-refractivity contribution is -0.141. The van der Waals surface area contributed by atoms with Crippen molar-refractivity contribution in [3.63, 3.8) is 0 Å². The predicted molar refractivity (Wildman–Crippen MR) is 104 cm³/mol. The molecule has 2 aliphatic rings. The normalized spacial score (nSPS) is 19.4. The molecule has 0 aliphatic carbocycles. The third-order valence-electron chi connectivity index (χ3n) is 4.15. The van der Waals surface area contributed by atoms with Crippen molar-refractivity contribution >= 4 is 56.3 Å². The first-order valence-corrected chi connectivity index (χ1v) is 10.7. The lowest BCUT2D eigenvalue weighted by Gasteiger charge is -2.36. The lowest BCUT2D eigenvalue weighted by atomic mass is 10.1. The maximum absolute atomic E-state index is 12.4. The second kappa shape index (κ2) is 8.32. The molecule has 0 saturated carbocycles. The number of amides is 6. The molecule has 0 aromatic carbocycles. The molecule has 2 aliphatic heterocycles. The van der Waals surface area contributed by atoms with Crippen molar-refractivity contribution in [2.45, 2.75) is 6.04 Å². The Hall–Kier alpha value is -3.51. The van der Waals surface area contributed by atoms with Crippen LogP contribution < -0.4 is 21.6 Å². The number of anilines is 1. The quantitative estimate of drug-likeness (QED) is 0.107. The maximum atomic E-state index is 12.4. The Morgan fingerprint density at radius 1 is 1.35 bits per heavy atom. The second-order valence-electron chi connectivity index (χ2n) is 6.13. The Morgan fingerprint density at radius 2 is 2.06 bits per heavy atom. The zero-order valence-electron chi connectivity index (χ0n) is 15.8. The number of nitrogens with two attached hydrogens (primary N) is 2. The summed E-state index contributed by atoms with van der Waals surface area (Å²) in [6, 6.07) is -3.42. The molecule has 31 heavy (non-hydrogen) atoms. The molecule has 6 amide bonds. The van der Waals surface area contributed by atoms with Crippen LogP contribution in [0.5, 0.6) is 0 Å². The first-order valence-electron chi connectivity index (χ1n) is 8.40. The number of nitrogen functional groups attached to an aromatic ring is 1. The minimum absolute atomic E-state index is 0.0549. The molecule has 0 radical (unpaired) electrons. The standard InChI is InChI=1S/C13H17N9O7S2/c1-29-18-8(7-5-30-11(14)17-7)9(23)16-6-4-20(10(6)24)12(25)19-31(27,28)22-3-2-21(15)13(22)26/h5-6H,2-4,15H2,1H3,(H2,14,17)(H,16,23)(H,19,25)/b18-8-. The van der Waals surface area contributed by atoms with Gasteiger partial charge in [-0.3, -0.25) is 19.5 Å². The van der Waals surface area contributed by atoms with Gasteiger partial charge in [0.25, 0.3) is 11.8 Å². The number of likely N-dealkylation sites (tertiary alicyclic amines) is 1. The Bertz CT molecular complexity index is 1070. The van der Waals surface area contributed by atoms with E-state index in [4.69, 9.17) is 11.6 Å². The van der Waals surface area contributed by atoms with Gasteiger partial charge in [0.1, 0.15) is 18.8 Å². The van der Waals surface area contributed by atoms with Crippen LogP contribution in [-0.4, -0.2) is 90.0 Å². The third kappa shape index (κ3) is 4.34. The van der Waals surface area contributed by atoms with E-state index >= 15 is 0 Å². The average Bonchev–Trinajstić information content (AvgIpc) is 3.27. The number of urea groups is 2. The summed E-state index contributed by atoms with van der Waals surface area (Å²) in [7, 11) is -3.35. The smallest absolute Gasteiger partial charge is 0.349 e. The van der Waals surface area contributed by atoms with Gasteiger partial charge in [-0.25, -0.2) is 29.4 Å². The highest BCUT2D eigenvalue weighted by Crippen LogP contribution is 2.15. The zero-order valence-corrected chi connectivity index (χ0v) is 17.5. The summed E-state index contributed by atoms with van der Waals surface area (Å²) in [5.74, 6) is 3.61. The molecule has 1 atom stereocenters. The van der Waals surface area contributed by atoms with Crippen LogP contribution in [0.4, 0.5) is 14.7 Å². The molecular weight excluding hydrogens is 458 g/mol. The fourth-order valence-electron chi connectivity index (χ4n) is 2.61. The summed E-state index contributed by atoms with van der Waals surface area (Å²) in [5, 5.41) is 8.21. The molecule has 6 N–H and O–H groups in total. The molecule has 1 aromatic heterocycles. The zero-order chi connectivity index (χ0) is 22.9. The van der Waals surface area contributed by atoms with Gasteiger partial charge < -0.3 is 15.9 Å². The number of oxime groups is 1. The van der Waals surface area contributed by atoms with E-state index in [9.17, 15) is 27.6 Å². The molecule has 0 bridgehead atoms. The van der Waals surface area contributed by atoms with E-state index in [1.54, 1.807) is 4.72 Å². The topological polar surface area (TPSA) is 223 Å². The van der Waals surface area contributed by atoms with Gasteiger partial charge in [0, 0.05) is 5.38 Å². The highest BCUT2D eigenvalue weighted by Gasteiger charge is 2.45. The van der Waals surface area contributed by atoms with Gasteiger partial charge in [0.2, 0.25) is 0 Å². The number of hydrogen-bond donors (Lipinski definition) is 4. The summed E-state index contributed by atoms with van der Waals surface area (Å²) in [6.07, 6.45) is 0. The molecule has 3 heterocycles. The Balaban J connectivity index is 1.59. The van der Waals surface area contributed by atoms with Crippen LogP contribution in [-0.2, 0) is 24.6 Å². The van der Waals surface area contributed by atoms with Crippen LogP contribution >= 0.6 is 11.3 Å². The van der Waals surface area contributed by atoms with E-state index < -0.39 is 40.1 Å². The van der Waals surface area contributed by atoms with Gasteiger partial charge in [0.05, 0.1) is 19.6 Å². The number of imide groups is 1. The number of nitrogens with one attached hydrogen (secondary N) is 2. The third-order valence-corrected chi connectivity index (χ3v) is 6.18. The van der Waals surface area contributed by atoms with E-state index in [0.717, 1.165) is 11.3 Å². The fraction of sp³-hybridized carbons (Fsp3) is 0.385. The summed E-state index contributed by atoms with van der Waals surface area (Å²) in [5.41, 5.74) is 5.41.